The first-order valence-electron chi connectivity index (χ1n) is 6.69. The second-order valence-corrected chi connectivity index (χ2v) is 5.28. The average Bonchev–Trinajstić information content (AvgIpc) is 2.46. The van der Waals surface area contributed by atoms with Crippen molar-refractivity contribution in [3.05, 3.63) is 32.8 Å². The van der Waals surface area contributed by atoms with Crippen LogP contribution in [-0.2, 0) is 0 Å². The number of rotatable bonds is 4. The molecule has 21 heavy (non-hydrogen) atoms. The molecule has 0 saturated carbocycles. The van der Waals surface area contributed by atoms with Gasteiger partial charge < -0.3 is 15.5 Å². The Morgan fingerprint density at radius 1 is 1.38 bits per heavy atom. The fourth-order valence-corrected chi connectivity index (χ4v) is 2.80. The Morgan fingerprint density at radius 2 is 2.00 bits per heavy atom. The summed E-state index contributed by atoms with van der Waals surface area (Å²) >= 11 is 6.16. The van der Waals surface area contributed by atoms with Crippen LogP contribution in [0.5, 0.6) is 0 Å². The van der Waals surface area contributed by atoms with Crippen molar-refractivity contribution >= 4 is 28.9 Å². The highest BCUT2D eigenvalue weighted by molar-refractivity contribution is 6.34. The molecule has 1 aliphatic rings. The highest BCUT2D eigenvalue weighted by Gasteiger charge is 2.27. The third-order valence-electron chi connectivity index (χ3n) is 3.66. The number of hydrogen-bond acceptors (Lipinski definition) is 5. The zero-order chi connectivity index (χ0) is 15.6. The largest absolute Gasteiger partial charge is 0.366 e. The Hall–Kier alpha value is -1.86. The van der Waals surface area contributed by atoms with E-state index in [0.717, 1.165) is 19.6 Å². The molecule has 0 bridgehead atoms. The molecule has 0 unspecified atom stereocenters. The van der Waals surface area contributed by atoms with Gasteiger partial charge in [0.2, 0.25) is 5.91 Å². The van der Waals surface area contributed by atoms with Gasteiger partial charge in [-0.1, -0.05) is 18.5 Å². The average molecular weight is 313 g/mol. The van der Waals surface area contributed by atoms with Crippen LogP contribution in [0.15, 0.2) is 12.1 Å². The fraction of sp³-hybridized carbons (Fsp3) is 0.462. The zero-order valence-corrected chi connectivity index (χ0v) is 12.5. The van der Waals surface area contributed by atoms with E-state index in [4.69, 9.17) is 17.3 Å². The minimum Gasteiger partial charge on any atom is -0.366 e. The van der Waals surface area contributed by atoms with E-state index < -0.39 is 10.8 Å². The van der Waals surface area contributed by atoms with Gasteiger partial charge in [-0.25, -0.2) is 0 Å². The number of piperazine rings is 1. The maximum Gasteiger partial charge on any atom is 0.294 e. The van der Waals surface area contributed by atoms with Crippen molar-refractivity contribution in [2.24, 2.45) is 5.73 Å². The predicted octanol–water partition coefficient (Wildman–Crippen LogP) is 1.49. The van der Waals surface area contributed by atoms with Crippen LogP contribution >= 0.6 is 11.6 Å². The predicted molar refractivity (Wildman–Crippen MR) is 81.0 cm³/mol. The van der Waals surface area contributed by atoms with Gasteiger partial charge in [0.25, 0.3) is 5.69 Å². The van der Waals surface area contributed by atoms with Crippen LogP contribution in [0.4, 0.5) is 11.4 Å². The highest BCUT2D eigenvalue weighted by Crippen LogP contribution is 2.37. The minimum absolute atomic E-state index is 0.0441. The Labute approximate surface area is 127 Å². The summed E-state index contributed by atoms with van der Waals surface area (Å²) < 4.78 is 0. The van der Waals surface area contributed by atoms with Gasteiger partial charge in [0.1, 0.15) is 5.69 Å². The number of carbonyl (C=O) groups is 1. The van der Waals surface area contributed by atoms with Crippen LogP contribution in [-0.4, -0.2) is 48.5 Å². The molecule has 0 spiro atoms. The van der Waals surface area contributed by atoms with E-state index in [-0.39, 0.29) is 16.3 Å². The van der Waals surface area contributed by atoms with Crippen LogP contribution in [0.25, 0.3) is 0 Å². The lowest BCUT2D eigenvalue weighted by atomic mass is 10.1. The third-order valence-corrected chi connectivity index (χ3v) is 3.95. The molecule has 0 aromatic heterocycles. The monoisotopic (exact) mass is 312 g/mol. The number of likely N-dealkylation sites (N-methyl/N-ethyl adjacent to an activating group) is 1. The standard InChI is InChI=1S/C13H17ClN4O3/c1-2-16-3-5-17(6-4-16)12-10(14)7-9(13(15)19)8-11(12)18(20)21/h7-8H,2-6H2,1H3,(H2,15,19). The van der Waals surface area contributed by atoms with E-state index >= 15 is 0 Å². The lowest BCUT2D eigenvalue weighted by Gasteiger charge is -2.35. The molecule has 1 fully saturated rings. The fourth-order valence-electron chi connectivity index (χ4n) is 2.47. The normalized spacial score (nSPS) is 16.0. The smallest absolute Gasteiger partial charge is 0.294 e. The van der Waals surface area contributed by atoms with E-state index in [1.54, 1.807) is 0 Å². The molecule has 1 aromatic carbocycles. The molecule has 0 atom stereocenters. The minimum atomic E-state index is -0.734. The summed E-state index contributed by atoms with van der Waals surface area (Å²) in [6.07, 6.45) is 0. The van der Waals surface area contributed by atoms with Gasteiger partial charge in [0.15, 0.2) is 0 Å². The molecule has 114 valence electrons. The molecule has 0 radical (unpaired) electrons. The van der Waals surface area contributed by atoms with Crippen LogP contribution in [0, 0.1) is 10.1 Å². The molecule has 1 heterocycles. The van der Waals surface area contributed by atoms with E-state index in [1.807, 2.05) is 4.90 Å². The Bertz CT molecular complexity index is 571. The van der Waals surface area contributed by atoms with Crippen LogP contribution < -0.4 is 10.6 Å². The number of nitrogens with zero attached hydrogens (tertiary/aromatic N) is 3. The van der Waals surface area contributed by atoms with Crippen LogP contribution in [0.1, 0.15) is 17.3 Å². The Morgan fingerprint density at radius 3 is 2.48 bits per heavy atom. The summed E-state index contributed by atoms with van der Waals surface area (Å²) in [7, 11) is 0. The molecule has 8 heteroatoms. The summed E-state index contributed by atoms with van der Waals surface area (Å²) in [5.41, 5.74) is 5.40. The van der Waals surface area contributed by atoms with Crippen molar-refractivity contribution in [2.75, 3.05) is 37.6 Å². The molecular formula is C13H17ClN4O3. The number of nitrogens with two attached hydrogens (primary N) is 1. The molecule has 1 aromatic rings. The number of anilines is 1. The van der Waals surface area contributed by atoms with Gasteiger partial charge in [-0.3, -0.25) is 14.9 Å². The van der Waals surface area contributed by atoms with Crippen molar-refractivity contribution in [3.8, 4) is 0 Å². The summed E-state index contributed by atoms with van der Waals surface area (Å²) in [4.78, 5) is 26.1. The zero-order valence-electron chi connectivity index (χ0n) is 11.7. The lowest BCUT2D eigenvalue weighted by molar-refractivity contribution is -0.384. The van der Waals surface area contributed by atoms with Crippen LogP contribution in [0.2, 0.25) is 5.02 Å². The number of carbonyl (C=O) groups excluding carboxylic acids is 1. The van der Waals surface area contributed by atoms with Gasteiger partial charge in [-0.05, 0) is 12.6 Å². The van der Waals surface area contributed by atoms with E-state index in [1.165, 1.54) is 12.1 Å². The summed E-state index contributed by atoms with van der Waals surface area (Å²) in [6.45, 7) is 5.98. The number of nitro benzene ring substituents is 1. The first kappa shape index (κ1) is 15.5. The number of primary amides is 1. The van der Waals surface area contributed by atoms with Gasteiger partial charge in [0, 0.05) is 37.8 Å². The molecule has 2 N–H and O–H groups in total. The van der Waals surface area contributed by atoms with Gasteiger partial charge >= 0.3 is 0 Å². The van der Waals surface area contributed by atoms with Crippen LogP contribution in [0.3, 0.4) is 0 Å². The first-order chi connectivity index (χ1) is 9.93. The second-order valence-electron chi connectivity index (χ2n) is 4.87. The lowest BCUT2D eigenvalue weighted by Crippen LogP contribution is -2.46. The van der Waals surface area contributed by atoms with E-state index in [2.05, 4.69) is 11.8 Å². The molecule has 1 amide bonds. The number of halogens is 1. The Balaban J connectivity index is 2.39. The maximum absolute atomic E-state index is 11.3. The maximum atomic E-state index is 11.3. The number of hydrogen-bond donors (Lipinski definition) is 1. The molecule has 1 aliphatic heterocycles. The van der Waals surface area contributed by atoms with Gasteiger partial charge in [-0.2, -0.15) is 0 Å². The highest BCUT2D eigenvalue weighted by atomic mass is 35.5. The van der Waals surface area contributed by atoms with Crippen molar-refractivity contribution in [3.63, 3.8) is 0 Å². The molecule has 1 saturated heterocycles. The van der Waals surface area contributed by atoms with E-state index in [9.17, 15) is 14.9 Å². The van der Waals surface area contributed by atoms with Gasteiger partial charge in [0.05, 0.1) is 9.95 Å². The molecule has 2 rings (SSSR count). The molecule has 7 nitrogen and oxygen atoms in total. The Kier molecular flexibility index (Phi) is 4.64. The summed E-state index contributed by atoms with van der Waals surface area (Å²) in [6, 6.07) is 2.58. The first-order valence-corrected chi connectivity index (χ1v) is 7.07. The summed E-state index contributed by atoms with van der Waals surface area (Å²) in [5, 5.41) is 11.5. The SMILES string of the molecule is CCN1CCN(c2c(Cl)cc(C(N)=O)cc2[N+](=O)[O-])CC1. The summed E-state index contributed by atoms with van der Waals surface area (Å²) in [5.74, 6) is -0.734. The van der Waals surface area contributed by atoms with Crippen molar-refractivity contribution in [1.82, 2.24) is 4.90 Å². The molecular weight excluding hydrogens is 296 g/mol. The molecule has 0 aliphatic carbocycles. The van der Waals surface area contributed by atoms with Crippen molar-refractivity contribution < 1.29 is 9.72 Å². The van der Waals surface area contributed by atoms with Crippen molar-refractivity contribution in [2.45, 2.75) is 6.92 Å². The number of nitro groups is 1. The number of amides is 1. The quantitative estimate of drug-likeness (QED) is 0.671. The van der Waals surface area contributed by atoms with Gasteiger partial charge in [-0.15, -0.1) is 0 Å². The third kappa shape index (κ3) is 3.25. The number of benzene rings is 1. The van der Waals surface area contributed by atoms with E-state index in [0.29, 0.717) is 18.8 Å². The van der Waals surface area contributed by atoms with Crippen molar-refractivity contribution in [1.29, 1.82) is 0 Å². The second kappa shape index (κ2) is 6.28. The topological polar surface area (TPSA) is 92.7 Å².